The molecule has 6 rings (SSSR count). The molecule has 1 spiro atoms. The van der Waals surface area contributed by atoms with E-state index in [2.05, 4.69) is 49.1 Å². The number of hydrogen-bond donors (Lipinski definition) is 3. The van der Waals surface area contributed by atoms with E-state index in [-0.39, 0.29) is 16.7 Å². The number of rotatable bonds is 2. The number of pyridine rings is 1. The highest BCUT2D eigenvalue weighted by Gasteiger charge is 2.56. The van der Waals surface area contributed by atoms with Crippen LogP contribution in [0.15, 0.2) is 47.3 Å². The van der Waals surface area contributed by atoms with Gasteiger partial charge in [-0.05, 0) is 59.5 Å². The second-order valence-corrected chi connectivity index (χ2v) is 11.3. The maximum atomic E-state index is 11.2. The van der Waals surface area contributed by atoms with Gasteiger partial charge in [-0.2, -0.15) is 11.8 Å². The molecule has 33 heavy (non-hydrogen) atoms. The molecule has 2 fully saturated rings. The number of hydrogen-bond acceptors (Lipinski definition) is 7. The van der Waals surface area contributed by atoms with Gasteiger partial charge in [-0.3, -0.25) is 0 Å². The highest BCUT2D eigenvalue weighted by Crippen LogP contribution is 2.59. The Morgan fingerprint density at radius 1 is 1.18 bits per heavy atom. The Morgan fingerprint density at radius 3 is 2.88 bits per heavy atom. The van der Waals surface area contributed by atoms with E-state index in [9.17, 15) is 10.2 Å². The van der Waals surface area contributed by atoms with Gasteiger partial charge in [0.15, 0.2) is 0 Å². The number of aryl methyl sites for hydroxylation is 1. The smallest absolute Gasteiger partial charge is 0.143 e. The zero-order valence-corrected chi connectivity index (χ0v) is 20.4. The fraction of sp³-hybridized carbons (Fsp3) is 0.375. The van der Waals surface area contributed by atoms with Crippen molar-refractivity contribution < 1.29 is 10.2 Å². The lowest BCUT2D eigenvalue weighted by Crippen LogP contribution is -2.36. The third kappa shape index (κ3) is 3.28. The largest absolute Gasteiger partial charge is 0.390 e. The zero-order valence-electron chi connectivity index (χ0n) is 18.0. The lowest BCUT2D eigenvalue weighted by Gasteiger charge is -2.27. The molecule has 4 aromatic rings. The van der Waals surface area contributed by atoms with Gasteiger partial charge in [-0.1, -0.05) is 12.1 Å². The van der Waals surface area contributed by atoms with E-state index in [1.54, 1.807) is 6.33 Å². The highest BCUT2D eigenvalue weighted by molar-refractivity contribution is 9.10. The molecule has 4 N–H and O–H groups in total. The number of benzene rings is 1. The maximum Gasteiger partial charge on any atom is 0.143 e. The van der Waals surface area contributed by atoms with Gasteiger partial charge < -0.3 is 20.5 Å². The molecule has 0 bridgehead atoms. The fourth-order valence-electron chi connectivity index (χ4n) is 5.55. The van der Waals surface area contributed by atoms with Crippen LogP contribution in [0.4, 0.5) is 5.82 Å². The molecule has 9 heteroatoms. The van der Waals surface area contributed by atoms with Crippen LogP contribution in [0, 0.1) is 12.3 Å². The zero-order chi connectivity index (χ0) is 22.9. The maximum absolute atomic E-state index is 11.2. The summed E-state index contributed by atoms with van der Waals surface area (Å²) in [6.07, 6.45) is 3.40. The van der Waals surface area contributed by atoms with E-state index < -0.39 is 12.2 Å². The van der Waals surface area contributed by atoms with E-state index >= 15 is 0 Å². The van der Waals surface area contributed by atoms with Crippen molar-refractivity contribution in [2.45, 2.75) is 43.3 Å². The summed E-state index contributed by atoms with van der Waals surface area (Å²) in [5.74, 6) is 1.28. The van der Waals surface area contributed by atoms with Crippen LogP contribution >= 0.6 is 27.7 Å². The summed E-state index contributed by atoms with van der Waals surface area (Å²) in [7, 11) is 0. The van der Waals surface area contributed by atoms with Crippen molar-refractivity contribution in [1.82, 2.24) is 19.5 Å². The number of aliphatic hydroxyl groups excluding tert-OH is 2. The van der Waals surface area contributed by atoms with Crippen LogP contribution in [-0.4, -0.2) is 47.7 Å². The summed E-state index contributed by atoms with van der Waals surface area (Å²) in [6, 6.07) is 10.1. The fourth-order valence-corrected chi connectivity index (χ4v) is 7.61. The van der Waals surface area contributed by atoms with Crippen LogP contribution < -0.4 is 5.73 Å². The van der Waals surface area contributed by atoms with Crippen molar-refractivity contribution in [2.75, 3.05) is 11.5 Å². The molecule has 7 nitrogen and oxygen atoms in total. The van der Waals surface area contributed by atoms with Crippen molar-refractivity contribution in [1.29, 1.82) is 0 Å². The van der Waals surface area contributed by atoms with Gasteiger partial charge in [0, 0.05) is 33.4 Å². The molecular formula is C24H24BrN5O2S. The molecule has 5 atom stereocenters. The van der Waals surface area contributed by atoms with E-state index in [0.29, 0.717) is 12.2 Å². The third-order valence-corrected chi connectivity index (χ3v) is 9.60. The number of nitrogens with two attached hydrogens (primary N) is 1. The number of thioether (sulfide) groups is 1. The van der Waals surface area contributed by atoms with E-state index in [0.717, 1.165) is 44.3 Å². The Labute approximate surface area is 203 Å². The second-order valence-electron chi connectivity index (χ2n) is 9.30. The molecule has 2 aliphatic rings. The van der Waals surface area contributed by atoms with Crippen molar-refractivity contribution >= 4 is 55.4 Å². The average Bonchev–Trinajstić information content (AvgIpc) is 3.48. The quantitative estimate of drug-likeness (QED) is 0.360. The first-order valence-electron chi connectivity index (χ1n) is 11.0. The summed E-state index contributed by atoms with van der Waals surface area (Å²) >= 11 is 5.29. The minimum absolute atomic E-state index is 0.221. The summed E-state index contributed by atoms with van der Waals surface area (Å²) < 4.78 is 2.81. The molecule has 1 aliphatic heterocycles. The Morgan fingerprint density at radius 2 is 2.03 bits per heavy atom. The van der Waals surface area contributed by atoms with E-state index in [1.807, 2.05) is 41.6 Å². The number of anilines is 1. The molecule has 0 radical (unpaired) electrons. The molecule has 1 saturated carbocycles. The van der Waals surface area contributed by atoms with Crippen LogP contribution in [0.1, 0.15) is 35.4 Å². The lowest BCUT2D eigenvalue weighted by atomic mass is 9.80. The van der Waals surface area contributed by atoms with Gasteiger partial charge in [-0.25, -0.2) is 15.0 Å². The molecular weight excluding hydrogens is 502 g/mol. The topological polar surface area (TPSA) is 110 Å². The Hall–Kier alpha value is -2.20. The summed E-state index contributed by atoms with van der Waals surface area (Å²) in [5.41, 5.74) is 9.41. The molecule has 4 heterocycles. The normalized spacial score (nSPS) is 29.6. The molecule has 1 aromatic carbocycles. The first-order chi connectivity index (χ1) is 15.9. The Kier molecular flexibility index (Phi) is 4.95. The van der Waals surface area contributed by atoms with E-state index in [1.165, 1.54) is 5.56 Å². The minimum Gasteiger partial charge on any atom is -0.390 e. The van der Waals surface area contributed by atoms with Gasteiger partial charge in [0.2, 0.25) is 0 Å². The molecule has 170 valence electrons. The summed E-state index contributed by atoms with van der Waals surface area (Å²) in [6.45, 7) is 1.96. The highest BCUT2D eigenvalue weighted by atomic mass is 79.9. The predicted molar refractivity (Wildman–Crippen MR) is 134 cm³/mol. The standard InChI is InChI=1S/C24H24BrN5O2S/c1-12-15-4-5-30(23(15)28-11-27-12)18-8-24(21(32)20(18)31)9-19(33-10-24)14-3-2-13-6-16(25)22(26)29-17(13)7-14/h2-7,11,18-21,31-32H,8-10H2,1H3,(H2,26,29)/t18-,19+,20+,21+,24-/m1/s1. The van der Waals surface area contributed by atoms with Gasteiger partial charge in [0.25, 0.3) is 0 Å². The van der Waals surface area contributed by atoms with Gasteiger partial charge in [0.1, 0.15) is 23.9 Å². The van der Waals surface area contributed by atoms with Crippen LogP contribution in [0.2, 0.25) is 0 Å². The monoisotopic (exact) mass is 525 g/mol. The lowest BCUT2D eigenvalue weighted by molar-refractivity contribution is -0.0204. The second kappa shape index (κ2) is 7.66. The number of aromatic nitrogens is 4. The molecule has 1 aliphatic carbocycles. The minimum atomic E-state index is -0.842. The first kappa shape index (κ1) is 21.3. The van der Waals surface area contributed by atoms with Crippen molar-refractivity contribution in [3.8, 4) is 0 Å². The first-order valence-corrected chi connectivity index (χ1v) is 12.8. The van der Waals surface area contributed by atoms with Gasteiger partial charge in [-0.15, -0.1) is 0 Å². The number of fused-ring (bicyclic) bond motifs is 2. The van der Waals surface area contributed by atoms with Crippen LogP contribution in [0.5, 0.6) is 0 Å². The summed E-state index contributed by atoms with van der Waals surface area (Å²) in [5, 5.41) is 24.5. The number of halogens is 1. The number of nitrogen functional groups attached to an aromatic ring is 1. The predicted octanol–water partition coefficient (Wildman–Crippen LogP) is 4.16. The third-order valence-electron chi connectivity index (χ3n) is 7.38. The van der Waals surface area contributed by atoms with Crippen LogP contribution in [-0.2, 0) is 0 Å². The SMILES string of the molecule is Cc1ncnc2c1ccn2[C@@H]1C[C@@]2(CS[C@H](c3ccc4cc(Br)c(N)nc4c3)C2)[C@@H](O)[C@H]1O. The molecule has 0 amide bonds. The van der Waals surface area contributed by atoms with Crippen LogP contribution in [0.3, 0.4) is 0 Å². The number of nitrogens with zero attached hydrogens (tertiary/aromatic N) is 4. The van der Waals surface area contributed by atoms with Crippen molar-refractivity contribution in [3.05, 3.63) is 58.6 Å². The van der Waals surface area contributed by atoms with Gasteiger partial charge >= 0.3 is 0 Å². The average molecular weight is 526 g/mol. The molecule has 0 unspecified atom stereocenters. The number of aliphatic hydroxyl groups is 2. The Bertz CT molecular complexity index is 1390. The van der Waals surface area contributed by atoms with Gasteiger partial charge in [0.05, 0.1) is 27.8 Å². The van der Waals surface area contributed by atoms with Crippen molar-refractivity contribution in [2.24, 2.45) is 5.41 Å². The van der Waals surface area contributed by atoms with E-state index in [4.69, 9.17) is 5.73 Å². The molecule has 3 aromatic heterocycles. The Balaban J connectivity index is 1.30. The molecule has 1 saturated heterocycles. The van der Waals surface area contributed by atoms with Crippen molar-refractivity contribution in [3.63, 3.8) is 0 Å². The van der Waals surface area contributed by atoms with Crippen LogP contribution in [0.25, 0.3) is 21.9 Å². The summed E-state index contributed by atoms with van der Waals surface area (Å²) in [4.78, 5) is 13.3.